The van der Waals surface area contributed by atoms with Crippen LogP contribution in [0.2, 0.25) is 0 Å². The van der Waals surface area contributed by atoms with Gasteiger partial charge in [-0.25, -0.2) is 12.7 Å². The van der Waals surface area contributed by atoms with Gasteiger partial charge in [-0.05, 0) is 62.9 Å². The summed E-state index contributed by atoms with van der Waals surface area (Å²) in [5, 5.41) is 6.85. The van der Waals surface area contributed by atoms with Crippen LogP contribution in [-0.4, -0.2) is 59.1 Å². The Morgan fingerprint density at radius 3 is 2.53 bits per heavy atom. The number of piperidine rings is 1. The highest BCUT2D eigenvalue weighted by Gasteiger charge is 2.31. The Morgan fingerprint density at radius 1 is 1.16 bits per heavy atom. The minimum absolute atomic E-state index is 0.0284. The quantitative estimate of drug-likeness (QED) is 0.370. The van der Waals surface area contributed by atoms with Gasteiger partial charge in [0.25, 0.3) is 0 Å². The van der Waals surface area contributed by atoms with E-state index in [2.05, 4.69) is 45.7 Å². The number of carbonyl (C=O) groups excluding carboxylic acids is 1. The van der Waals surface area contributed by atoms with Gasteiger partial charge in [-0.2, -0.15) is 0 Å². The zero-order chi connectivity index (χ0) is 27.0. The van der Waals surface area contributed by atoms with Crippen molar-refractivity contribution >= 4 is 44.0 Å². The van der Waals surface area contributed by atoms with E-state index in [0.29, 0.717) is 24.6 Å². The first-order valence-electron chi connectivity index (χ1n) is 13.2. The number of nitrogens with zero attached hydrogens (tertiary/aromatic N) is 2. The topological polar surface area (TPSA) is 109 Å². The van der Waals surface area contributed by atoms with Gasteiger partial charge in [-0.1, -0.05) is 42.5 Å². The fourth-order valence-corrected chi connectivity index (χ4v) is 6.72. The number of nitrogens with one attached hydrogen (secondary N) is 2. The van der Waals surface area contributed by atoms with Crippen molar-refractivity contribution < 1.29 is 13.2 Å². The number of fused-ring (bicyclic) bond motifs is 1. The molecular weight excluding hydrogens is 518 g/mol. The SMILES string of the molecule is CC(C)S(=O)(=O)N1CCC(n2cc(-c3cccc(C(N)=S)c3)c3ccc(CNC(=O)C4CCN4)cc32)CC1. The largest absolute Gasteiger partial charge is 0.389 e. The van der Waals surface area contributed by atoms with Crippen LogP contribution in [0.1, 0.15) is 50.3 Å². The summed E-state index contributed by atoms with van der Waals surface area (Å²) in [6.45, 7) is 5.80. The predicted molar refractivity (Wildman–Crippen MR) is 155 cm³/mol. The maximum atomic E-state index is 12.7. The molecule has 2 aliphatic heterocycles. The molecule has 0 aliphatic carbocycles. The van der Waals surface area contributed by atoms with Crippen molar-refractivity contribution in [3.05, 3.63) is 59.8 Å². The Hall–Kier alpha value is -2.79. The minimum Gasteiger partial charge on any atom is -0.389 e. The van der Waals surface area contributed by atoms with Crippen LogP contribution >= 0.6 is 12.2 Å². The van der Waals surface area contributed by atoms with Crippen LogP contribution in [0.25, 0.3) is 22.0 Å². The van der Waals surface area contributed by atoms with Gasteiger partial charge < -0.3 is 20.9 Å². The number of aromatic nitrogens is 1. The molecule has 38 heavy (non-hydrogen) atoms. The minimum atomic E-state index is -3.27. The summed E-state index contributed by atoms with van der Waals surface area (Å²) in [6, 6.07) is 14.3. The molecule has 3 heterocycles. The lowest BCUT2D eigenvalue weighted by Gasteiger charge is -2.33. The highest BCUT2D eigenvalue weighted by molar-refractivity contribution is 7.89. The molecule has 2 fully saturated rings. The Kier molecular flexibility index (Phi) is 7.59. The van der Waals surface area contributed by atoms with Gasteiger partial charge in [0.2, 0.25) is 15.9 Å². The molecule has 1 unspecified atom stereocenters. The van der Waals surface area contributed by atoms with E-state index >= 15 is 0 Å². The molecule has 2 saturated heterocycles. The van der Waals surface area contributed by atoms with Crippen molar-refractivity contribution in [1.82, 2.24) is 19.5 Å². The Balaban J connectivity index is 1.48. The number of hydrogen-bond acceptors (Lipinski definition) is 5. The number of benzene rings is 2. The molecular formula is C28H35N5O3S2. The maximum Gasteiger partial charge on any atom is 0.237 e. The van der Waals surface area contributed by atoms with Gasteiger partial charge in [0.15, 0.2) is 0 Å². The zero-order valence-electron chi connectivity index (χ0n) is 21.8. The van der Waals surface area contributed by atoms with E-state index < -0.39 is 15.3 Å². The molecule has 0 radical (unpaired) electrons. The smallest absolute Gasteiger partial charge is 0.237 e. The molecule has 2 aliphatic rings. The highest BCUT2D eigenvalue weighted by Crippen LogP contribution is 2.37. The third kappa shape index (κ3) is 5.22. The van der Waals surface area contributed by atoms with Crippen LogP contribution in [0.4, 0.5) is 0 Å². The lowest BCUT2D eigenvalue weighted by atomic mass is 10.0. The van der Waals surface area contributed by atoms with Crippen molar-refractivity contribution in [2.75, 3.05) is 19.6 Å². The molecule has 1 amide bonds. The van der Waals surface area contributed by atoms with Crippen molar-refractivity contribution in [2.45, 2.75) is 57.0 Å². The fourth-order valence-electron chi connectivity index (χ4n) is 5.28. The van der Waals surface area contributed by atoms with Gasteiger partial charge in [-0.3, -0.25) is 4.79 Å². The summed E-state index contributed by atoms with van der Waals surface area (Å²) in [6.07, 6.45) is 4.50. The second kappa shape index (κ2) is 10.8. The van der Waals surface area contributed by atoms with Gasteiger partial charge in [0.1, 0.15) is 4.99 Å². The number of sulfonamides is 1. The van der Waals surface area contributed by atoms with E-state index in [1.807, 2.05) is 18.2 Å². The molecule has 0 saturated carbocycles. The van der Waals surface area contributed by atoms with E-state index in [-0.39, 0.29) is 18.0 Å². The number of carbonyl (C=O) groups is 1. The molecule has 1 aromatic heterocycles. The van der Waals surface area contributed by atoms with E-state index in [0.717, 1.165) is 59.0 Å². The molecule has 3 aromatic rings. The number of hydrogen-bond donors (Lipinski definition) is 3. The highest BCUT2D eigenvalue weighted by atomic mass is 32.2. The molecule has 0 spiro atoms. The van der Waals surface area contributed by atoms with Crippen molar-refractivity contribution in [1.29, 1.82) is 0 Å². The van der Waals surface area contributed by atoms with E-state index in [1.165, 1.54) is 0 Å². The molecule has 8 nitrogen and oxygen atoms in total. The van der Waals surface area contributed by atoms with E-state index in [4.69, 9.17) is 18.0 Å². The van der Waals surface area contributed by atoms with Crippen LogP contribution in [0.15, 0.2) is 48.7 Å². The summed E-state index contributed by atoms with van der Waals surface area (Å²) in [4.78, 5) is 12.7. The van der Waals surface area contributed by atoms with Gasteiger partial charge >= 0.3 is 0 Å². The summed E-state index contributed by atoms with van der Waals surface area (Å²) in [5.74, 6) is 0.0284. The number of nitrogens with two attached hydrogens (primary N) is 1. The number of amides is 1. The standard InChI is InChI=1S/C28H35N5O3S2/c1-18(2)38(35,36)32-12-9-22(10-13-32)33-17-24(20-4-3-5-21(15-20)27(29)37)23-7-6-19(14-26(23)33)16-31-28(34)25-8-11-30-25/h3-7,14-15,17-18,22,25,30H,8-13,16H2,1-2H3,(H2,29,37)(H,31,34). The molecule has 4 N–H and O–H groups in total. The second-order valence-electron chi connectivity index (χ2n) is 10.5. The van der Waals surface area contributed by atoms with Crippen LogP contribution in [0.5, 0.6) is 0 Å². The number of rotatable bonds is 8. The van der Waals surface area contributed by atoms with Crippen molar-refractivity contribution in [2.24, 2.45) is 5.73 Å². The second-order valence-corrected chi connectivity index (χ2v) is 13.4. The molecule has 10 heteroatoms. The molecule has 2 aromatic carbocycles. The monoisotopic (exact) mass is 553 g/mol. The number of thiocarbonyl (C=S) groups is 1. The first-order valence-corrected chi connectivity index (χ1v) is 15.1. The zero-order valence-corrected chi connectivity index (χ0v) is 23.4. The summed E-state index contributed by atoms with van der Waals surface area (Å²) in [5.41, 5.74) is 10.9. The Morgan fingerprint density at radius 2 is 1.89 bits per heavy atom. The summed E-state index contributed by atoms with van der Waals surface area (Å²) in [7, 11) is -3.27. The van der Waals surface area contributed by atoms with Crippen LogP contribution in [-0.2, 0) is 21.4 Å². The first-order chi connectivity index (χ1) is 18.1. The average Bonchev–Trinajstić information content (AvgIpc) is 3.25. The average molecular weight is 554 g/mol. The Bertz CT molecular complexity index is 1470. The van der Waals surface area contributed by atoms with E-state index in [1.54, 1.807) is 18.2 Å². The van der Waals surface area contributed by atoms with Crippen LogP contribution < -0.4 is 16.4 Å². The van der Waals surface area contributed by atoms with Gasteiger partial charge in [0, 0.05) is 53.9 Å². The molecule has 0 bridgehead atoms. The van der Waals surface area contributed by atoms with Gasteiger partial charge in [0.05, 0.1) is 11.3 Å². The van der Waals surface area contributed by atoms with Crippen molar-refractivity contribution in [3.63, 3.8) is 0 Å². The fraction of sp³-hybridized carbons (Fsp3) is 0.429. The normalized spacial score (nSPS) is 19.0. The summed E-state index contributed by atoms with van der Waals surface area (Å²) < 4.78 is 29.4. The molecule has 5 rings (SSSR count). The predicted octanol–water partition coefficient (Wildman–Crippen LogP) is 3.30. The maximum absolute atomic E-state index is 12.7. The van der Waals surface area contributed by atoms with E-state index in [9.17, 15) is 13.2 Å². The van der Waals surface area contributed by atoms with Crippen LogP contribution in [0.3, 0.4) is 0 Å². The lowest BCUT2D eigenvalue weighted by Crippen LogP contribution is -2.52. The third-order valence-corrected chi connectivity index (χ3v) is 10.2. The lowest BCUT2D eigenvalue weighted by molar-refractivity contribution is -0.124. The molecule has 202 valence electrons. The molecule has 1 atom stereocenters. The first kappa shape index (κ1) is 26.8. The van der Waals surface area contributed by atoms with Gasteiger partial charge in [-0.15, -0.1) is 0 Å². The Labute approximate surface area is 229 Å². The van der Waals surface area contributed by atoms with Crippen LogP contribution in [0, 0.1) is 0 Å². The summed E-state index contributed by atoms with van der Waals surface area (Å²) >= 11 is 5.21. The van der Waals surface area contributed by atoms with Crippen molar-refractivity contribution in [3.8, 4) is 11.1 Å². The third-order valence-electron chi connectivity index (χ3n) is 7.74.